The maximum atomic E-state index is 12.1. The van der Waals surface area contributed by atoms with E-state index in [1.165, 1.54) is 4.57 Å². The first-order valence-corrected chi connectivity index (χ1v) is 7.70. The number of hydrogen-bond donors (Lipinski definition) is 1. The van der Waals surface area contributed by atoms with Crippen LogP contribution in [0.25, 0.3) is 22.3 Å². The highest BCUT2D eigenvalue weighted by Crippen LogP contribution is 2.35. The van der Waals surface area contributed by atoms with Crippen molar-refractivity contribution in [3.8, 4) is 22.8 Å². The lowest BCUT2D eigenvalue weighted by molar-refractivity contribution is 0.174. The molecule has 2 aromatic heterocycles. The monoisotopic (exact) mass is 341 g/mol. The average molecular weight is 341 g/mol. The van der Waals surface area contributed by atoms with Crippen LogP contribution >= 0.6 is 0 Å². The van der Waals surface area contributed by atoms with E-state index in [2.05, 4.69) is 9.97 Å². The summed E-state index contributed by atoms with van der Waals surface area (Å²) in [6, 6.07) is 8.87. The van der Waals surface area contributed by atoms with Crippen molar-refractivity contribution < 1.29 is 14.2 Å². The Hall–Kier alpha value is -3.13. The summed E-state index contributed by atoms with van der Waals surface area (Å²) in [4.78, 5) is 31.0. The second-order valence-electron chi connectivity index (χ2n) is 5.54. The molecule has 1 aliphatic heterocycles. The minimum atomic E-state index is -0.509. The van der Waals surface area contributed by atoms with Crippen LogP contribution in [0.3, 0.4) is 0 Å². The van der Waals surface area contributed by atoms with E-state index in [9.17, 15) is 9.59 Å². The molecule has 0 radical (unpaired) electrons. The Kier molecular flexibility index (Phi) is 3.73. The van der Waals surface area contributed by atoms with E-state index in [0.29, 0.717) is 41.4 Å². The number of ether oxygens (including phenoxy) is 3. The summed E-state index contributed by atoms with van der Waals surface area (Å²) >= 11 is 0. The molecule has 128 valence electrons. The summed E-state index contributed by atoms with van der Waals surface area (Å²) in [6.07, 6.45) is 0. The number of nitrogens with one attached hydrogen (secondary N) is 1. The van der Waals surface area contributed by atoms with Crippen LogP contribution in [0.4, 0.5) is 0 Å². The second kappa shape index (κ2) is 6.06. The third-order valence-corrected chi connectivity index (χ3v) is 4.03. The lowest BCUT2D eigenvalue weighted by atomic mass is 10.1. The van der Waals surface area contributed by atoms with Crippen molar-refractivity contribution in [2.24, 2.45) is 0 Å². The van der Waals surface area contributed by atoms with Gasteiger partial charge in [0.1, 0.15) is 5.65 Å². The number of H-pyrrole nitrogens is 1. The molecular formula is C17H15N3O5. The predicted octanol–water partition coefficient (Wildman–Crippen LogP) is 1.13. The predicted molar refractivity (Wildman–Crippen MR) is 90.1 cm³/mol. The lowest BCUT2D eigenvalue weighted by Gasteiger charge is -2.10. The number of nitrogens with zero attached hydrogens (tertiary/aromatic N) is 2. The average Bonchev–Trinajstić information content (AvgIpc) is 3.09. The van der Waals surface area contributed by atoms with Crippen LogP contribution in [-0.4, -0.2) is 35.0 Å². The molecule has 0 fully saturated rings. The molecule has 3 aromatic rings. The fraction of sp³-hybridized carbons (Fsp3) is 0.235. The number of benzene rings is 1. The van der Waals surface area contributed by atoms with Crippen molar-refractivity contribution in [1.82, 2.24) is 14.5 Å². The Morgan fingerprint density at radius 3 is 2.88 bits per heavy atom. The molecule has 1 aromatic carbocycles. The van der Waals surface area contributed by atoms with Gasteiger partial charge in [-0.15, -0.1) is 0 Å². The van der Waals surface area contributed by atoms with E-state index in [1.54, 1.807) is 25.3 Å². The zero-order valence-corrected chi connectivity index (χ0v) is 13.4. The number of methoxy groups -OCH3 is 1. The first-order chi connectivity index (χ1) is 12.2. The van der Waals surface area contributed by atoms with Crippen molar-refractivity contribution in [3.05, 3.63) is 51.2 Å². The van der Waals surface area contributed by atoms with E-state index in [-0.39, 0.29) is 6.79 Å². The molecule has 0 amide bonds. The van der Waals surface area contributed by atoms with Gasteiger partial charge in [-0.2, -0.15) is 0 Å². The Morgan fingerprint density at radius 2 is 2.04 bits per heavy atom. The summed E-state index contributed by atoms with van der Waals surface area (Å²) in [6.45, 7) is 0.813. The topological polar surface area (TPSA) is 95.4 Å². The van der Waals surface area contributed by atoms with Crippen LogP contribution in [0.2, 0.25) is 0 Å². The molecule has 1 N–H and O–H groups in total. The summed E-state index contributed by atoms with van der Waals surface area (Å²) in [7, 11) is 1.55. The molecule has 0 spiro atoms. The Labute approximate surface area is 141 Å². The van der Waals surface area contributed by atoms with Gasteiger partial charge in [0.2, 0.25) is 6.79 Å². The van der Waals surface area contributed by atoms with Crippen LogP contribution in [0, 0.1) is 0 Å². The standard InChI is InChI=1S/C17H15N3O5/c1-23-7-6-20-15-11(16(21)19-17(20)22)3-4-12(18-15)10-2-5-13-14(8-10)25-9-24-13/h2-5,8H,6-7,9H2,1H3,(H,19,21,22). The molecule has 0 saturated carbocycles. The maximum absolute atomic E-state index is 12.1. The number of aromatic amines is 1. The first kappa shape index (κ1) is 15.4. The number of hydrogen-bond acceptors (Lipinski definition) is 6. The third kappa shape index (κ3) is 2.66. The SMILES string of the molecule is COCCn1c(=O)[nH]c(=O)c2ccc(-c3ccc4c(c3)OCO4)nc21. The van der Waals surface area contributed by atoms with Crippen molar-refractivity contribution in [2.75, 3.05) is 20.5 Å². The van der Waals surface area contributed by atoms with E-state index in [4.69, 9.17) is 14.2 Å². The molecule has 1 aliphatic rings. The molecule has 8 nitrogen and oxygen atoms in total. The highest BCUT2D eigenvalue weighted by atomic mass is 16.7. The van der Waals surface area contributed by atoms with Gasteiger partial charge in [-0.05, 0) is 30.3 Å². The van der Waals surface area contributed by atoms with Crippen LogP contribution in [0.5, 0.6) is 11.5 Å². The maximum Gasteiger partial charge on any atom is 0.330 e. The Morgan fingerprint density at radius 1 is 1.20 bits per heavy atom. The first-order valence-electron chi connectivity index (χ1n) is 7.70. The minimum absolute atomic E-state index is 0.190. The highest BCUT2D eigenvalue weighted by molar-refractivity contribution is 5.78. The quantitative estimate of drug-likeness (QED) is 0.764. The molecule has 0 saturated heterocycles. The second-order valence-corrected chi connectivity index (χ2v) is 5.54. The molecule has 25 heavy (non-hydrogen) atoms. The van der Waals surface area contributed by atoms with Gasteiger partial charge in [0.15, 0.2) is 11.5 Å². The summed E-state index contributed by atoms with van der Waals surface area (Å²) in [5.74, 6) is 1.32. The molecule has 0 unspecified atom stereocenters. The van der Waals surface area contributed by atoms with E-state index < -0.39 is 11.2 Å². The van der Waals surface area contributed by atoms with E-state index in [0.717, 1.165) is 5.56 Å². The Bertz CT molecular complexity index is 1070. The zero-order chi connectivity index (χ0) is 17.4. The molecule has 4 rings (SSSR count). The van der Waals surface area contributed by atoms with E-state index >= 15 is 0 Å². The molecule has 0 atom stereocenters. The molecule has 3 heterocycles. The summed E-state index contributed by atoms with van der Waals surface area (Å²) < 4.78 is 17.1. The van der Waals surface area contributed by atoms with Crippen LogP contribution in [-0.2, 0) is 11.3 Å². The van der Waals surface area contributed by atoms with Crippen molar-refractivity contribution in [2.45, 2.75) is 6.54 Å². The van der Waals surface area contributed by atoms with Gasteiger partial charge in [-0.25, -0.2) is 9.78 Å². The zero-order valence-electron chi connectivity index (χ0n) is 13.4. The van der Waals surface area contributed by atoms with Gasteiger partial charge in [-0.1, -0.05) is 0 Å². The van der Waals surface area contributed by atoms with Crippen LogP contribution in [0.1, 0.15) is 0 Å². The van der Waals surface area contributed by atoms with Crippen LogP contribution < -0.4 is 20.7 Å². The molecule has 0 aliphatic carbocycles. The smallest absolute Gasteiger partial charge is 0.330 e. The number of pyridine rings is 1. The molecule has 0 bridgehead atoms. The van der Waals surface area contributed by atoms with Gasteiger partial charge >= 0.3 is 5.69 Å². The largest absolute Gasteiger partial charge is 0.454 e. The normalized spacial score (nSPS) is 12.7. The van der Waals surface area contributed by atoms with Crippen molar-refractivity contribution in [3.63, 3.8) is 0 Å². The Balaban J connectivity index is 1.89. The fourth-order valence-electron chi connectivity index (χ4n) is 2.77. The van der Waals surface area contributed by atoms with Crippen LogP contribution in [0.15, 0.2) is 39.9 Å². The fourth-order valence-corrected chi connectivity index (χ4v) is 2.77. The highest BCUT2D eigenvalue weighted by Gasteiger charge is 2.15. The summed E-state index contributed by atoms with van der Waals surface area (Å²) in [5, 5.41) is 0.347. The number of rotatable bonds is 4. The van der Waals surface area contributed by atoms with Crippen molar-refractivity contribution >= 4 is 11.0 Å². The molecular weight excluding hydrogens is 326 g/mol. The van der Waals surface area contributed by atoms with Gasteiger partial charge in [0.25, 0.3) is 5.56 Å². The summed E-state index contributed by atoms with van der Waals surface area (Å²) in [5.41, 5.74) is 0.781. The number of fused-ring (bicyclic) bond motifs is 2. The third-order valence-electron chi connectivity index (χ3n) is 4.03. The van der Waals surface area contributed by atoms with E-state index in [1.807, 2.05) is 12.1 Å². The van der Waals surface area contributed by atoms with Gasteiger partial charge < -0.3 is 14.2 Å². The van der Waals surface area contributed by atoms with Gasteiger partial charge in [-0.3, -0.25) is 14.3 Å². The van der Waals surface area contributed by atoms with Gasteiger partial charge in [0, 0.05) is 12.7 Å². The number of aromatic nitrogens is 3. The molecule has 8 heteroatoms. The lowest BCUT2D eigenvalue weighted by Crippen LogP contribution is -2.32. The van der Waals surface area contributed by atoms with Gasteiger partial charge in [0.05, 0.1) is 24.2 Å². The van der Waals surface area contributed by atoms with Crippen molar-refractivity contribution in [1.29, 1.82) is 0 Å². The minimum Gasteiger partial charge on any atom is -0.454 e.